The number of alkyl halides is 1. The number of ketones is 1. The lowest BCUT2D eigenvalue weighted by atomic mass is 9.77. The van der Waals surface area contributed by atoms with Crippen LogP contribution in [0.3, 0.4) is 0 Å². The Kier molecular flexibility index (Phi) is 6.23. The van der Waals surface area contributed by atoms with Crippen LogP contribution in [0, 0.1) is 11.7 Å². The molecule has 0 radical (unpaired) electrons. The van der Waals surface area contributed by atoms with Crippen molar-refractivity contribution >= 4 is 23.3 Å². The molecule has 1 aromatic carbocycles. The van der Waals surface area contributed by atoms with Crippen molar-refractivity contribution < 1.29 is 23.5 Å². The number of carbonyl (C=O) groups is 2. The van der Waals surface area contributed by atoms with Crippen LogP contribution in [-0.4, -0.2) is 72.4 Å². The molecule has 5 rings (SSSR count). The maximum atomic E-state index is 13.6. The Hall–Kier alpha value is -1.96. The lowest BCUT2D eigenvalue weighted by molar-refractivity contribution is -0.135. The zero-order valence-electron chi connectivity index (χ0n) is 18.0. The molecule has 6 nitrogen and oxygen atoms in total. The first-order valence-electron chi connectivity index (χ1n) is 11.5. The number of morpholine rings is 1. The maximum Gasteiger partial charge on any atom is 0.290 e. The zero-order valence-corrected chi connectivity index (χ0v) is 18.7. The fourth-order valence-corrected chi connectivity index (χ4v) is 5.69. The number of rotatable bonds is 5. The smallest absolute Gasteiger partial charge is 0.290 e. The van der Waals surface area contributed by atoms with Crippen molar-refractivity contribution in [3.8, 4) is 0 Å². The van der Waals surface area contributed by atoms with E-state index in [2.05, 4.69) is 4.90 Å². The molecule has 1 amide bonds. The number of nitrogens with zero attached hydrogens (tertiary/aromatic N) is 2. The van der Waals surface area contributed by atoms with Gasteiger partial charge in [-0.1, -0.05) is 12.1 Å². The van der Waals surface area contributed by atoms with Gasteiger partial charge in [-0.15, -0.1) is 11.6 Å². The third-order valence-corrected chi connectivity index (χ3v) is 7.44. The molecule has 1 aromatic rings. The van der Waals surface area contributed by atoms with Gasteiger partial charge in [0.2, 0.25) is 0 Å². The average molecular weight is 463 g/mol. The van der Waals surface area contributed by atoms with Gasteiger partial charge in [0.05, 0.1) is 30.7 Å². The minimum absolute atomic E-state index is 0.0417. The zero-order chi connectivity index (χ0) is 22.2. The predicted molar refractivity (Wildman–Crippen MR) is 117 cm³/mol. The van der Waals surface area contributed by atoms with Crippen molar-refractivity contribution in [2.24, 2.45) is 5.92 Å². The highest BCUT2D eigenvalue weighted by Gasteiger charge is 2.52. The van der Waals surface area contributed by atoms with Crippen LogP contribution in [0.4, 0.5) is 4.39 Å². The quantitative estimate of drug-likeness (QED) is 0.629. The van der Waals surface area contributed by atoms with Gasteiger partial charge in [0.15, 0.2) is 11.5 Å². The Morgan fingerprint density at radius 3 is 2.56 bits per heavy atom. The van der Waals surface area contributed by atoms with Crippen molar-refractivity contribution in [3.63, 3.8) is 0 Å². The van der Waals surface area contributed by atoms with Gasteiger partial charge in [0, 0.05) is 31.6 Å². The normalized spacial score (nSPS) is 30.9. The summed E-state index contributed by atoms with van der Waals surface area (Å²) in [5.41, 5.74) is 1.14. The molecule has 32 heavy (non-hydrogen) atoms. The van der Waals surface area contributed by atoms with Crippen LogP contribution in [0.25, 0.3) is 0 Å². The molecule has 8 heteroatoms. The number of halogens is 2. The van der Waals surface area contributed by atoms with E-state index >= 15 is 0 Å². The van der Waals surface area contributed by atoms with Crippen LogP contribution in [-0.2, 0) is 19.1 Å². The van der Waals surface area contributed by atoms with Crippen LogP contribution >= 0.6 is 11.6 Å². The third-order valence-electron chi connectivity index (χ3n) is 7.04. The molecule has 3 heterocycles. The fourth-order valence-electron chi connectivity index (χ4n) is 5.37. The summed E-state index contributed by atoms with van der Waals surface area (Å²) >= 11 is 6.36. The van der Waals surface area contributed by atoms with E-state index in [1.807, 2.05) is 0 Å². The molecule has 1 saturated carbocycles. The molecule has 2 fully saturated rings. The van der Waals surface area contributed by atoms with Gasteiger partial charge < -0.3 is 14.4 Å². The lowest BCUT2D eigenvalue weighted by Gasteiger charge is -2.37. The van der Waals surface area contributed by atoms with Crippen LogP contribution < -0.4 is 0 Å². The molecule has 1 aliphatic carbocycles. The molecule has 4 aliphatic rings. The number of carbonyl (C=O) groups excluding carboxylic acids is 2. The van der Waals surface area contributed by atoms with Gasteiger partial charge in [-0.2, -0.15) is 0 Å². The second-order valence-electron chi connectivity index (χ2n) is 9.04. The van der Waals surface area contributed by atoms with Gasteiger partial charge in [-0.3, -0.25) is 14.5 Å². The van der Waals surface area contributed by atoms with Crippen molar-refractivity contribution in [1.29, 1.82) is 0 Å². The summed E-state index contributed by atoms with van der Waals surface area (Å²) in [6.45, 7) is 4.56. The Morgan fingerprint density at radius 2 is 1.81 bits per heavy atom. The van der Waals surface area contributed by atoms with E-state index < -0.39 is 6.04 Å². The van der Waals surface area contributed by atoms with Gasteiger partial charge >= 0.3 is 0 Å². The van der Waals surface area contributed by atoms with E-state index in [0.717, 1.165) is 51.3 Å². The molecule has 3 aliphatic heterocycles. The Balaban J connectivity index is 1.41. The van der Waals surface area contributed by atoms with E-state index in [9.17, 15) is 14.0 Å². The molecule has 4 atom stereocenters. The Morgan fingerprint density at radius 1 is 1.06 bits per heavy atom. The molecule has 0 spiro atoms. The van der Waals surface area contributed by atoms with E-state index in [4.69, 9.17) is 21.1 Å². The van der Waals surface area contributed by atoms with Crippen LogP contribution in [0.1, 0.15) is 37.3 Å². The first kappa shape index (κ1) is 21.9. The molecular weight excluding hydrogens is 435 g/mol. The molecule has 0 aromatic heterocycles. The van der Waals surface area contributed by atoms with Crippen LogP contribution in [0.2, 0.25) is 0 Å². The first-order valence-corrected chi connectivity index (χ1v) is 11.9. The summed E-state index contributed by atoms with van der Waals surface area (Å²) in [7, 11) is 0. The first-order chi connectivity index (χ1) is 15.5. The second kappa shape index (κ2) is 9.12. The fraction of sp³-hybridized carbons (Fsp3) is 0.583. The lowest BCUT2D eigenvalue weighted by Crippen LogP contribution is -2.41. The maximum absolute atomic E-state index is 13.6. The second-order valence-corrected chi connectivity index (χ2v) is 9.66. The number of benzene rings is 1. The molecule has 172 valence electrons. The van der Waals surface area contributed by atoms with Crippen molar-refractivity contribution in [2.45, 2.75) is 43.2 Å². The highest BCUT2D eigenvalue weighted by atomic mass is 35.5. The predicted octanol–water partition coefficient (Wildman–Crippen LogP) is 3.06. The van der Waals surface area contributed by atoms with Gasteiger partial charge in [0.25, 0.3) is 5.91 Å². The SMILES string of the molecule is O=C1C2=C(OC3CCC(Cl)CC13)C(=O)N(CCCN1CCOCC1)C2c1ccc(F)cc1. The summed E-state index contributed by atoms with van der Waals surface area (Å²) in [6.07, 6.45) is 2.49. The minimum atomic E-state index is -0.549. The summed E-state index contributed by atoms with van der Waals surface area (Å²) in [5.74, 6) is -0.773. The summed E-state index contributed by atoms with van der Waals surface area (Å²) in [4.78, 5) is 31.0. The Labute approximate surface area is 192 Å². The van der Waals surface area contributed by atoms with Gasteiger partial charge in [-0.25, -0.2) is 4.39 Å². The largest absolute Gasteiger partial charge is 0.483 e. The highest BCUT2D eigenvalue weighted by molar-refractivity contribution is 6.21. The summed E-state index contributed by atoms with van der Waals surface area (Å²) < 4.78 is 25.2. The Bertz CT molecular complexity index is 915. The van der Waals surface area contributed by atoms with Crippen molar-refractivity contribution in [1.82, 2.24) is 9.80 Å². The standard InChI is InChI=1S/C24H28ClFN2O4/c25-16-4-7-19-18(14-16)22(29)20-21(15-2-5-17(26)6-3-15)28(24(30)23(20)32-19)9-1-8-27-10-12-31-13-11-27/h2-3,5-6,16,18-19,21H,1,4,7-14H2. The van der Waals surface area contributed by atoms with Crippen molar-refractivity contribution in [2.75, 3.05) is 39.4 Å². The molecule has 1 saturated heterocycles. The number of hydrogen-bond acceptors (Lipinski definition) is 5. The van der Waals surface area contributed by atoms with Crippen LogP contribution in [0.5, 0.6) is 0 Å². The number of amides is 1. The topological polar surface area (TPSA) is 59.1 Å². The van der Waals surface area contributed by atoms with Crippen molar-refractivity contribution in [3.05, 3.63) is 47.0 Å². The molecule has 0 bridgehead atoms. The van der Waals surface area contributed by atoms with Crippen LogP contribution in [0.15, 0.2) is 35.6 Å². The number of Topliss-reactive ketones (excluding diaryl/α,β-unsaturated/α-hetero) is 1. The molecule has 0 N–H and O–H groups in total. The number of ether oxygens (including phenoxy) is 2. The minimum Gasteiger partial charge on any atom is -0.483 e. The molecule has 4 unspecified atom stereocenters. The van der Waals surface area contributed by atoms with Gasteiger partial charge in [-0.05, 0) is 43.4 Å². The third kappa shape index (κ3) is 4.06. The van der Waals surface area contributed by atoms with E-state index in [0.29, 0.717) is 25.0 Å². The highest BCUT2D eigenvalue weighted by Crippen LogP contribution is 2.47. The summed E-state index contributed by atoms with van der Waals surface area (Å²) in [6, 6.07) is 5.51. The summed E-state index contributed by atoms with van der Waals surface area (Å²) in [5, 5.41) is -0.0584. The van der Waals surface area contributed by atoms with Gasteiger partial charge in [0.1, 0.15) is 11.9 Å². The van der Waals surface area contributed by atoms with E-state index in [1.54, 1.807) is 17.0 Å². The van der Waals surface area contributed by atoms with E-state index in [1.165, 1.54) is 12.1 Å². The number of hydrogen-bond donors (Lipinski definition) is 0. The molecular formula is C24H28ClFN2O4. The van der Waals surface area contributed by atoms with E-state index in [-0.39, 0.29) is 40.7 Å². The average Bonchev–Trinajstić information content (AvgIpc) is 3.08. The monoisotopic (exact) mass is 462 g/mol. The number of fused-ring (bicyclic) bond motifs is 1.